The number of fused-ring (bicyclic) bond motifs is 5. The van der Waals surface area contributed by atoms with Crippen LogP contribution in [0.2, 0.25) is 0 Å². The van der Waals surface area contributed by atoms with Crippen LogP contribution < -0.4 is 0 Å². The molecule has 5 N–H and O–H groups in total. The summed E-state index contributed by atoms with van der Waals surface area (Å²) in [4.78, 5) is 0. The molecular formula is C36H64O7. The van der Waals surface area contributed by atoms with Crippen molar-refractivity contribution in [3.63, 3.8) is 0 Å². The second-order valence-corrected chi connectivity index (χ2v) is 15.8. The van der Waals surface area contributed by atoms with Gasteiger partial charge in [-0.25, -0.2) is 0 Å². The van der Waals surface area contributed by atoms with E-state index in [4.69, 9.17) is 9.47 Å². The largest absolute Gasteiger partial charge is 0.394 e. The second kappa shape index (κ2) is 13.1. The average Bonchev–Trinajstić information content (AvgIpc) is 3.30. The molecule has 0 spiro atoms. The van der Waals surface area contributed by atoms with Gasteiger partial charge in [0.15, 0.2) is 6.29 Å². The SMILES string of the molecule is C.C=C[C@H]1CCC2(C)[C@@H]1[C@H](O)C[C@@H]1[C@@]3(C)CC[C@H](O[C@@H]4O[C@H](CO)[C@@H](O)[C@H](O)[C@H]4O)C(C)(C)[C@@H]3CC[C@]12C.CC=C(C)C. The van der Waals surface area contributed by atoms with Crippen LogP contribution in [0.25, 0.3) is 0 Å². The average molecular weight is 609 g/mol. The van der Waals surface area contributed by atoms with Crippen molar-refractivity contribution in [2.24, 2.45) is 45.3 Å². The Morgan fingerprint density at radius 3 is 2.05 bits per heavy atom. The van der Waals surface area contributed by atoms with Gasteiger partial charge in [0.05, 0.1) is 18.8 Å². The van der Waals surface area contributed by atoms with E-state index in [9.17, 15) is 25.5 Å². The molecule has 250 valence electrons. The summed E-state index contributed by atoms with van der Waals surface area (Å²) in [6.45, 7) is 21.7. The first-order valence-electron chi connectivity index (χ1n) is 16.4. The van der Waals surface area contributed by atoms with Crippen LogP contribution >= 0.6 is 0 Å². The lowest BCUT2D eigenvalue weighted by atomic mass is 9.35. The first kappa shape index (κ1) is 36.7. The Balaban J connectivity index is 0.000000781. The maximum Gasteiger partial charge on any atom is 0.186 e. The van der Waals surface area contributed by atoms with Crippen LogP contribution in [0.1, 0.15) is 108 Å². The first-order chi connectivity index (χ1) is 19.5. The highest BCUT2D eigenvalue weighted by Gasteiger charge is 2.70. The number of allylic oxidation sites excluding steroid dienone is 3. The molecule has 1 unspecified atom stereocenters. The van der Waals surface area contributed by atoms with E-state index in [-0.39, 0.29) is 47.2 Å². The lowest BCUT2D eigenvalue weighted by Gasteiger charge is -2.70. The molecule has 4 aliphatic carbocycles. The molecule has 14 atom stereocenters. The Labute approximate surface area is 261 Å². The van der Waals surface area contributed by atoms with Crippen LogP contribution in [0.3, 0.4) is 0 Å². The van der Waals surface area contributed by atoms with Crippen molar-refractivity contribution in [3.8, 4) is 0 Å². The number of aliphatic hydroxyl groups excluding tert-OH is 5. The summed E-state index contributed by atoms with van der Waals surface area (Å²) in [5.74, 6) is 1.45. The number of hydrogen-bond acceptors (Lipinski definition) is 7. The fraction of sp³-hybridized carbons (Fsp3) is 0.889. The van der Waals surface area contributed by atoms with E-state index < -0.39 is 37.3 Å². The number of aliphatic hydroxyl groups is 5. The number of rotatable bonds is 4. The van der Waals surface area contributed by atoms with Crippen molar-refractivity contribution < 1.29 is 35.0 Å². The van der Waals surface area contributed by atoms with E-state index in [1.54, 1.807) is 0 Å². The maximum absolute atomic E-state index is 11.5. The Bertz CT molecular complexity index is 990. The van der Waals surface area contributed by atoms with E-state index in [0.29, 0.717) is 17.8 Å². The monoisotopic (exact) mass is 608 g/mol. The van der Waals surface area contributed by atoms with Crippen molar-refractivity contribution in [1.29, 1.82) is 0 Å². The van der Waals surface area contributed by atoms with E-state index in [2.05, 4.69) is 67.2 Å². The van der Waals surface area contributed by atoms with Gasteiger partial charge in [-0.1, -0.05) is 59.8 Å². The zero-order valence-corrected chi connectivity index (χ0v) is 27.4. The quantitative estimate of drug-likeness (QED) is 0.208. The Morgan fingerprint density at radius 1 is 0.884 bits per heavy atom. The van der Waals surface area contributed by atoms with Gasteiger partial charge in [0, 0.05) is 0 Å². The Kier molecular flexibility index (Phi) is 11.2. The highest BCUT2D eigenvalue weighted by atomic mass is 16.7. The normalized spacial score (nSPS) is 50.0. The lowest BCUT2D eigenvalue weighted by Crippen LogP contribution is -2.67. The summed E-state index contributed by atoms with van der Waals surface area (Å²) in [5, 5.41) is 52.2. The Morgan fingerprint density at radius 2 is 1.49 bits per heavy atom. The topological polar surface area (TPSA) is 120 Å². The fourth-order valence-electron chi connectivity index (χ4n) is 10.6. The number of ether oxygens (including phenoxy) is 2. The molecule has 1 aliphatic heterocycles. The Hall–Kier alpha value is -0.800. The third-order valence-electron chi connectivity index (χ3n) is 13.4. The molecule has 7 heteroatoms. The molecule has 4 saturated carbocycles. The molecule has 5 aliphatic rings. The van der Waals surface area contributed by atoms with Gasteiger partial charge in [-0.15, -0.1) is 6.58 Å². The summed E-state index contributed by atoms with van der Waals surface area (Å²) >= 11 is 0. The van der Waals surface area contributed by atoms with Crippen molar-refractivity contribution in [1.82, 2.24) is 0 Å². The van der Waals surface area contributed by atoms with E-state index in [0.717, 1.165) is 44.9 Å². The van der Waals surface area contributed by atoms with Crippen LogP contribution in [-0.2, 0) is 9.47 Å². The van der Waals surface area contributed by atoms with Gasteiger partial charge in [0.25, 0.3) is 0 Å². The molecule has 0 amide bonds. The molecule has 5 fully saturated rings. The molecule has 1 saturated heterocycles. The molecule has 0 aromatic rings. The predicted octanol–water partition coefficient (Wildman–Crippen LogP) is 5.62. The molecule has 7 nitrogen and oxygen atoms in total. The minimum atomic E-state index is -1.44. The predicted molar refractivity (Wildman–Crippen MR) is 171 cm³/mol. The zero-order chi connectivity index (χ0) is 31.4. The van der Waals surface area contributed by atoms with Gasteiger partial charge in [0.2, 0.25) is 0 Å². The van der Waals surface area contributed by atoms with Crippen LogP contribution in [0.4, 0.5) is 0 Å². The van der Waals surface area contributed by atoms with Crippen LogP contribution in [0, 0.1) is 45.3 Å². The van der Waals surface area contributed by atoms with E-state index in [1.165, 1.54) is 5.57 Å². The van der Waals surface area contributed by atoms with Crippen LogP contribution in [0.15, 0.2) is 24.3 Å². The molecule has 0 aromatic heterocycles. The van der Waals surface area contributed by atoms with Gasteiger partial charge in [0.1, 0.15) is 24.4 Å². The minimum Gasteiger partial charge on any atom is -0.394 e. The van der Waals surface area contributed by atoms with Crippen molar-refractivity contribution >= 4 is 0 Å². The van der Waals surface area contributed by atoms with E-state index >= 15 is 0 Å². The third kappa shape index (κ3) is 5.83. The van der Waals surface area contributed by atoms with E-state index in [1.807, 2.05) is 6.92 Å². The first-order valence-corrected chi connectivity index (χ1v) is 16.4. The molecule has 0 radical (unpaired) electrons. The maximum atomic E-state index is 11.5. The van der Waals surface area contributed by atoms with Crippen molar-refractivity contribution in [3.05, 3.63) is 24.3 Å². The molecule has 1 heterocycles. The summed E-state index contributed by atoms with van der Waals surface area (Å²) in [6.07, 6.45) is 4.41. The fourth-order valence-corrected chi connectivity index (χ4v) is 10.6. The molecular weight excluding hydrogens is 544 g/mol. The molecule has 5 rings (SSSR count). The minimum absolute atomic E-state index is 0. The molecule has 0 bridgehead atoms. The number of hydrogen-bond donors (Lipinski definition) is 5. The van der Waals surface area contributed by atoms with Gasteiger partial charge in [-0.3, -0.25) is 0 Å². The molecule has 43 heavy (non-hydrogen) atoms. The van der Waals surface area contributed by atoms with Crippen LogP contribution in [-0.4, -0.2) is 75.1 Å². The summed E-state index contributed by atoms with van der Waals surface area (Å²) in [6, 6.07) is 0. The smallest absolute Gasteiger partial charge is 0.186 e. The van der Waals surface area contributed by atoms with Crippen molar-refractivity contribution in [2.45, 2.75) is 151 Å². The van der Waals surface area contributed by atoms with Gasteiger partial charge < -0.3 is 35.0 Å². The van der Waals surface area contributed by atoms with Crippen molar-refractivity contribution in [2.75, 3.05) is 6.61 Å². The van der Waals surface area contributed by atoms with Crippen LogP contribution in [0.5, 0.6) is 0 Å². The highest BCUT2D eigenvalue weighted by Crippen LogP contribution is 2.75. The summed E-state index contributed by atoms with van der Waals surface area (Å²) in [7, 11) is 0. The van der Waals surface area contributed by atoms with Gasteiger partial charge in [-0.2, -0.15) is 0 Å². The standard InChI is InChI=1S/C30H50O7.C5H10.CH4/c1-7-16-8-12-30(6)22(16)17(32)14-20-28(4)11-10-21(27(2,3)19(28)9-13-29(20,30)5)37-26-25(35)24(34)23(33)18(15-31)36-26;1-4-5(2)3;/h7,16-26,31-35H,1,8-15H2,2-6H3;4H,1-3H3;1H4/t16-,17+,18+,19-,20+,21-,22-,23+,24-,25+,26-,28-,29+,30?;;/m0../s1. The highest BCUT2D eigenvalue weighted by molar-refractivity contribution is 5.20. The zero-order valence-electron chi connectivity index (χ0n) is 27.4. The summed E-state index contributed by atoms with van der Waals surface area (Å²) in [5.41, 5.74) is 1.45. The lowest BCUT2D eigenvalue weighted by molar-refractivity contribution is -0.331. The van der Waals surface area contributed by atoms with Gasteiger partial charge in [-0.05, 0) is 111 Å². The van der Waals surface area contributed by atoms with Gasteiger partial charge >= 0.3 is 0 Å². The summed E-state index contributed by atoms with van der Waals surface area (Å²) < 4.78 is 12.1. The molecule has 0 aromatic carbocycles. The second-order valence-electron chi connectivity index (χ2n) is 15.8. The third-order valence-corrected chi connectivity index (χ3v) is 13.4.